The van der Waals surface area contributed by atoms with Crippen LogP contribution in [0, 0.1) is 10.1 Å². The van der Waals surface area contributed by atoms with Gasteiger partial charge in [-0.15, -0.1) is 0 Å². The van der Waals surface area contributed by atoms with Crippen molar-refractivity contribution in [2.75, 3.05) is 5.32 Å². The van der Waals surface area contributed by atoms with Crippen LogP contribution >= 0.6 is 34.8 Å². The highest BCUT2D eigenvalue weighted by atomic mass is 35.5. The molecule has 1 aromatic carbocycles. The number of benzene rings is 1. The van der Waals surface area contributed by atoms with Crippen LogP contribution in [0.4, 0.5) is 11.4 Å². The summed E-state index contributed by atoms with van der Waals surface area (Å²) in [5.74, 6) is -0.763. The third kappa shape index (κ3) is 3.24. The molecule has 0 saturated heterocycles. The highest BCUT2D eigenvalue weighted by molar-refractivity contribution is 6.40. The van der Waals surface area contributed by atoms with Gasteiger partial charge >= 0.3 is 5.69 Å². The minimum atomic E-state index is -0.779. The highest BCUT2D eigenvalue weighted by Gasteiger charge is 2.25. The average Bonchev–Trinajstić information content (AvgIpc) is 2.42. The first-order chi connectivity index (χ1) is 9.91. The highest BCUT2D eigenvalue weighted by Crippen LogP contribution is 2.32. The Kier molecular flexibility index (Phi) is 4.62. The third-order valence-electron chi connectivity index (χ3n) is 2.51. The number of nitro groups is 1. The fourth-order valence-corrected chi connectivity index (χ4v) is 2.30. The minimum absolute atomic E-state index is 0.160. The van der Waals surface area contributed by atoms with Crippen molar-refractivity contribution in [3.05, 3.63) is 61.3 Å². The summed E-state index contributed by atoms with van der Waals surface area (Å²) in [4.78, 5) is 26.0. The molecule has 2 rings (SSSR count). The first-order valence-corrected chi connectivity index (χ1v) is 6.59. The van der Waals surface area contributed by atoms with Crippen LogP contribution in [0.25, 0.3) is 0 Å². The zero-order valence-corrected chi connectivity index (χ0v) is 12.4. The van der Waals surface area contributed by atoms with Crippen molar-refractivity contribution in [3.8, 4) is 0 Å². The summed E-state index contributed by atoms with van der Waals surface area (Å²) in [7, 11) is 0. The van der Waals surface area contributed by atoms with Crippen molar-refractivity contribution in [2.24, 2.45) is 0 Å². The fourth-order valence-electron chi connectivity index (χ4n) is 1.58. The SMILES string of the molecule is O=C(Nc1c(Cl)cccc1Cl)c1ccnc(Cl)c1[N+](=O)[O-]. The normalized spacial score (nSPS) is 10.2. The quantitative estimate of drug-likeness (QED) is 0.512. The molecule has 21 heavy (non-hydrogen) atoms. The van der Waals surface area contributed by atoms with E-state index in [-0.39, 0.29) is 26.4 Å². The number of para-hydroxylation sites is 1. The van der Waals surface area contributed by atoms with Gasteiger partial charge in [-0.05, 0) is 18.2 Å². The largest absolute Gasteiger partial charge is 0.319 e. The second-order valence-electron chi connectivity index (χ2n) is 3.81. The predicted octanol–water partition coefficient (Wildman–Crippen LogP) is 4.20. The molecule has 0 aliphatic carbocycles. The van der Waals surface area contributed by atoms with Crippen LogP contribution in [0.3, 0.4) is 0 Å². The number of pyridine rings is 1. The van der Waals surface area contributed by atoms with Crippen LogP contribution in [0.5, 0.6) is 0 Å². The lowest BCUT2D eigenvalue weighted by Gasteiger charge is -2.09. The second-order valence-corrected chi connectivity index (χ2v) is 4.98. The van der Waals surface area contributed by atoms with E-state index in [0.717, 1.165) is 0 Å². The molecule has 1 amide bonds. The summed E-state index contributed by atoms with van der Waals surface area (Å²) < 4.78 is 0. The Morgan fingerprint density at radius 1 is 1.19 bits per heavy atom. The van der Waals surface area contributed by atoms with Crippen LogP contribution in [-0.4, -0.2) is 15.8 Å². The van der Waals surface area contributed by atoms with E-state index in [1.807, 2.05) is 0 Å². The molecule has 1 aromatic heterocycles. The number of amides is 1. The first-order valence-electron chi connectivity index (χ1n) is 5.46. The molecule has 0 radical (unpaired) electrons. The number of hydrogen-bond acceptors (Lipinski definition) is 4. The van der Waals surface area contributed by atoms with E-state index >= 15 is 0 Å². The Labute approximate surface area is 133 Å². The van der Waals surface area contributed by atoms with Crippen molar-refractivity contribution < 1.29 is 9.72 Å². The van der Waals surface area contributed by atoms with Gasteiger partial charge in [-0.1, -0.05) is 40.9 Å². The van der Waals surface area contributed by atoms with Gasteiger partial charge in [0, 0.05) is 6.20 Å². The Hall–Kier alpha value is -1.89. The monoisotopic (exact) mass is 345 g/mol. The molecule has 1 heterocycles. The molecule has 0 spiro atoms. The summed E-state index contributed by atoms with van der Waals surface area (Å²) in [5.41, 5.74) is -0.663. The molecule has 0 aliphatic rings. The number of aromatic nitrogens is 1. The summed E-state index contributed by atoms with van der Waals surface area (Å²) in [6, 6.07) is 5.84. The first kappa shape index (κ1) is 15.5. The van der Waals surface area contributed by atoms with E-state index in [1.54, 1.807) is 6.07 Å². The Morgan fingerprint density at radius 2 is 1.81 bits per heavy atom. The number of nitrogens with zero attached hydrogens (tertiary/aromatic N) is 2. The molecule has 0 bridgehead atoms. The van der Waals surface area contributed by atoms with Crippen LogP contribution in [0.2, 0.25) is 15.2 Å². The zero-order chi connectivity index (χ0) is 15.6. The number of halogens is 3. The van der Waals surface area contributed by atoms with Gasteiger partial charge in [0.1, 0.15) is 5.56 Å². The van der Waals surface area contributed by atoms with Gasteiger partial charge in [0.05, 0.1) is 20.7 Å². The zero-order valence-electron chi connectivity index (χ0n) is 10.1. The Balaban J connectivity index is 2.43. The average molecular weight is 347 g/mol. The van der Waals surface area contributed by atoms with Crippen LogP contribution in [-0.2, 0) is 0 Å². The van der Waals surface area contributed by atoms with Crippen LogP contribution < -0.4 is 5.32 Å². The van der Waals surface area contributed by atoms with Gasteiger partial charge in [-0.25, -0.2) is 4.98 Å². The minimum Gasteiger partial charge on any atom is -0.319 e. The maximum absolute atomic E-state index is 12.2. The molecule has 6 nitrogen and oxygen atoms in total. The molecule has 0 fully saturated rings. The second kappa shape index (κ2) is 6.26. The smallest absolute Gasteiger partial charge is 0.319 e. The summed E-state index contributed by atoms with van der Waals surface area (Å²) in [5, 5.41) is 13.4. The maximum Gasteiger partial charge on any atom is 0.319 e. The number of carbonyl (C=O) groups is 1. The summed E-state index contributed by atoms with van der Waals surface area (Å²) >= 11 is 17.5. The Bertz CT molecular complexity index is 717. The van der Waals surface area contributed by atoms with Gasteiger partial charge in [-0.2, -0.15) is 0 Å². The lowest BCUT2D eigenvalue weighted by Crippen LogP contribution is -2.15. The van der Waals surface area contributed by atoms with E-state index in [2.05, 4.69) is 10.3 Å². The molecule has 0 atom stereocenters. The number of rotatable bonds is 3. The van der Waals surface area contributed by atoms with E-state index in [9.17, 15) is 14.9 Å². The summed E-state index contributed by atoms with van der Waals surface area (Å²) in [6.45, 7) is 0. The predicted molar refractivity (Wildman–Crippen MR) is 80.3 cm³/mol. The standard InChI is InChI=1S/C12H6Cl3N3O3/c13-7-2-1-3-8(14)9(7)17-12(19)6-4-5-16-11(15)10(6)18(20)21/h1-5H,(H,17,19). The van der Waals surface area contributed by atoms with Gasteiger partial charge < -0.3 is 5.32 Å². The van der Waals surface area contributed by atoms with Crippen LogP contribution in [0.1, 0.15) is 10.4 Å². The number of anilines is 1. The molecule has 9 heteroatoms. The molecule has 1 N–H and O–H groups in total. The fraction of sp³-hybridized carbons (Fsp3) is 0. The van der Waals surface area contributed by atoms with Crippen molar-refractivity contribution in [3.63, 3.8) is 0 Å². The van der Waals surface area contributed by atoms with Gasteiger partial charge in [-0.3, -0.25) is 14.9 Å². The van der Waals surface area contributed by atoms with Crippen molar-refractivity contribution in [1.82, 2.24) is 4.98 Å². The van der Waals surface area contributed by atoms with Crippen molar-refractivity contribution in [1.29, 1.82) is 0 Å². The molecule has 108 valence electrons. The van der Waals surface area contributed by atoms with E-state index < -0.39 is 16.5 Å². The molecule has 0 aliphatic heterocycles. The topological polar surface area (TPSA) is 85.1 Å². The summed E-state index contributed by atoms with van der Waals surface area (Å²) in [6.07, 6.45) is 1.19. The molecular formula is C12H6Cl3N3O3. The third-order valence-corrected chi connectivity index (χ3v) is 3.41. The van der Waals surface area contributed by atoms with Gasteiger partial charge in [0.2, 0.25) is 5.15 Å². The van der Waals surface area contributed by atoms with Gasteiger partial charge in [0.25, 0.3) is 5.91 Å². The molecule has 2 aromatic rings. The van der Waals surface area contributed by atoms with E-state index in [4.69, 9.17) is 34.8 Å². The molecule has 0 saturated carbocycles. The van der Waals surface area contributed by atoms with Gasteiger partial charge in [0.15, 0.2) is 0 Å². The van der Waals surface area contributed by atoms with E-state index in [0.29, 0.717) is 0 Å². The van der Waals surface area contributed by atoms with Crippen molar-refractivity contribution in [2.45, 2.75) is 0 Å². The van der Waals surface area contributed by atoms with Crippen LogP contribution in [0.15, 0.2) is 30.5 Å². The molecular weight excluding hydrogens is 341 g/mol. The maximum atomic E-state index is 12.2. The lowest BCUT2D eigenvalue weighted by atomic mass is 10.2. The number of hydrogen-bond donors (Lipinski definition) is 1. The Morgan fingerprint density at radius 3 is 2.38 bits per heavy atom. The number of carbonyl (C=O) groups excluding carboxylic acids is 1. The number of nitrogens with one attached hydrogen (secondary N) is 1. The van der Waals surface area contributed by atoms with Crippen molar-refractivity contribution >= 4 is 52.1 Å². The molecule has 0 unspecified atom stereocenters. The lowest BCUT2D eigenvalue weighted by molar-refractivity contribution is -0.385. The van der Waals surface area contributed by atoms with E-state index in [1.165, 1.54) is 24.4 Å².